The molecule has 5 nitrogen and oxygen atoms in total. The Morgan fingerprint density at radius 3 is 2.70 bits per heavy atom. The zero-order valence-electron chi connectivity index (χ0n) is 14.3. The van der Waals surface area contributed by atoms with Crippen molar-refractivity contribution in [2.75, 3.05) is 26.3 Å². The fourth-order valence-corrected chi connectivity index (χ4v) is 2.39. The third-order valence-corrected chi connectivity index (χ3v) is 3.92. The SMILES string of the molecule is CC(C)CCOc1ccc(C(C)NC(=O)C2CNCCO2)cc1. The van der Waals surface area contributed by atoms with Crippen LogP contribution in [-0.2, 0) is 9.53 Å². The Morgan fingerprint density at radius 2 is 2.09 bits per heavy atom. The van der Waals surface area contributed by atoms with Gasteiger partial charge in [0, 0.05) is 13.1 Å². The molecule has 0 bridgehead atoms. The molecule has 1 aliphatic rings. The van der Waals surface area contributed by atoms with E-state index in [9.17, 15) is 4.79 Å². The first-order valence-corrected chi connectivity index (χ1v) is 8.41. The molecule has 1 fully saturated rings. The van der Waals surface area contributed by atoms with Gasteiger partial charge < -0.3 is 20.1 Å². The highest BCUT2D eigenvalue weighted by atomic mass is 16.5. The van der Waals surface area contributed by atoms with Crippen LogP contribution in [0.25, 0.3) is 0 Å². The van der Waals surface area contributed by atoms with Crippen LogP contribution in [0.2, 0.25) is 0 Å². The van der Waals surface area contributed by atoms with E-state index in [2.05, 4.69) is 24.5 Å². The van der Waals surface area contributed by atoms with Gasteiger partial charge in [-0.3, -0.25) is 4.79 Å². The van der Waals surface area contributed by atoms with Crippen LogP contribution in [0.5, 0.6) is 5.75 Å². The molecule has 1 heterocycles. The van der Waals surface area contributed by atoms with Crippen molar-refractivity contribution < 1.29 is 14.3 Å². The zero-order valence-corrected chi connectivity index (χ0v) is 14.3. The Kier molecular flexibility index (Phi) is 6.86. The number of carbonyl (C=O) groups excluding carboxylic acids is 1. The number of carbonyl (C=O) groups is 1. The minimum absolute atomic E-state index is 0.0576. The van der Waals surface area contributed by atoms with Crippen LogP contribution < -0.4 is 15.4 Å². The van der Waals surface area contributed by atoms with Crippen molar-refractivity contribution in [3.63, 3.8) is 0 Å². The number of nitrogens with one attached hydrogen (secondary N) is 2. The van der Waals surface area contributed by atoms with E-state index in [1.54, 1.807) is 0 Å². The summed E-state index contributed by atoms with van der Waals surface area (Å²) in [6.07, 6.45) is 0.647. The Labute approximate surface area is 138 Å². The van der Waals surface area contributed by atoms with Crippen LogP contribution in [0.4, 0.5) is 0 Å². The van der Waals surface area contributed by atoms with Gasteiger partial charge in [-0.1, -0.05) is 26.0 Å². The lowest BCUT2D eigenvalue weighted by Gasteiger charge is -2.24. The molecule has 0 aromatic heterocycles. The maximum absolute atomic E-state index is 12.2. The standard InChI is InChI=1S/C18H28N2O3/c1-13(2)8-10-22-16-6-4-15(5-7-16)14(3)20-18(21)17-12-19-9-11-23-17/h4-7,13-14,17,19H,8-12H2,1-3H3,(H,20,21). The van der Waals surface area contributed by atoms with Crippen LogP contribution in [0.15, 0.2) is 24.3 Å². The van der Waals surface area contributed by atoms with E-state index < -0.39 is 6.10 Å². The topological polar surface area (TPSA) is 59.6 Å². The van der Waals surface area contributed by atoms with Gasteiger partial charge in [-0.2, -0.15) is 0 Å². The van der Waals surface area contributed by atoms with Crippen molar-refractivity contribution in [2.45, 2.75) is 39.3 Å². The first kappa shape index (κ1) is 17.8. The van der Waals surface area contributed by atoms with Crippen molar-refractivity contribution >= 4 is 5.91 Å². The van der Waals surface area contributed by atoms with Crippen LogP contribution >= 0.6 is 0 Å². The Morgan fingerprint density at radius 1 is 1.35 bits per heavy atom. The minimum atomic E-state index is -0.398. The van der Waals surface area contributed by atoms with Gasteiger partial charge in [0.1, 0.15) is 11.9 Å². The molecule has 1 aromatic rings. The molecule has 0 aliphatic carbocycles. The summed E-state index contributed by atoms with van der Waals surface area (Å²) < 4.78 is 11.2. The van der Waals surface area contributed by atoms with E-state index in [-0.39, 0.29) is 11.9 Å². The molecule has 1 amide bonds. The first-order valence-electron chi connectivity index (χ1n) is 8.41. The fraction of sp³-hybridized carbons (Fsp3) is 0.611. The van der Waals surface area contributed by atoms with E-state index in [4.69, 9.17) is 9.47 Å². The normalized spacial score (nSPS) is 19.4. The predicted molar refractivity (Wildman–Crippen MR) is 90.6 cm³/mol. The number of morpholine rings is 1. The minimum Gasteiger partial charge on any atom is -0.494 e. The molecule has 2 N–H and O–H groups in total. The number of rotatable bonds is 7. The second kappa shape index (κ2) is 8.89. The Balaban J connectivity index is 1.82. The molecular formula is C18H28N2O3. The van der Waals surface area contributed by atoms with E-state index in [0.29, 0.717) is 19.1 Å². The molecule has 23 heavy (non-hydrogen) atoms. The van der Waals surface area contributed by atoms with Gasteiger partial charge in [0.05, 0.1) is 19.3 Å². The van der Waals surface area contributed by atoms with Crippen LogP contribution in [0.1, 0.15) is 38.8 Å². The van der Waals surface area contributed by atoms with E-state index in [0.717, 1.165) is 30.9 Å². The van der Waals surface area contributed by atoms with Crippen molar-refractivity contribution in [1.82, 2.24) is 10.6 Å². The van der Waals surface area contributed by atoms with Crippen LogP contribution in [0.3, 0.4) is 0 Å². The highest BCUT2D eigenvalue weighted by Gasteiger charge is 2.23. The molecule has 1 aromatic carbocycles. The number of amides is 1. The summed E-state index contributed by atoms with van der Waals surface area (Å²) in [5.41, 5.74) is 1.05. The summed E-state index contributed by atoms with van der Waals surface area (Å²) in [7, 11) is 0. The largest absolute Gasteiger partial charge is 0.494 e. The summed E-state index contributed by atoms with van der Waals surface area (Å²) in [4.78, 5) is 12.2. The van der Waals surface area contributed by atoms with E-state index in [1.807, 2.05) is 31.2 Å². The lowest BCUT2D eigenvalue weighted by molar-refractivity contribution is -0.134. The van der Waals surface area contributed by atoms with Crippen LogP contribution in [-0.4, -0.2) is 38.3 Å². The number of ether oxygens (including phenoxy) is 2. The average molecular weight is 320 g/mol. The predicted octanol–water partition coefficient (Wildman–Crippen LogP) is 2.28. The molecule has 128 valence electrons. The highest BCUT2D eigenvalue weighted by molar-refractivity contribution is 5.81. The van der Waals surface area contributed by atoms with Gasteiger partial charge in [-0.05, 0) is 37.0 Å². The molecular weight excluding hydrogens is 292 g/mol. The van der Waals surface area contributed by atoms with E-state index >= 15 is 0 Å². The third kappa shape index (κ3) is 5.84. The average Bonchev–Trinajstić information content (AvgIpc) is 2.56. The molecule has 2 atom stereocenters. The van der Waals surface area contributed by atoms with E-state index in [1.165, 1.54) is 0 Å². The van der Waals surface area contributed by atoms with Gasteiger partial charge in [0.15, 0.2) is 0 Å². The Bertz CT molecular complexity index is 482. The smallest absolute Gasteiger partial charge is 0.250 e. The lowest BCUT2D eigenvalue weighted by atomic mass is 10.1. The Hall–Kier alpha value is -1.59. The summed E-state index contributed by atoms with van der Waals surface area (Å²) in [5.74, 6) is 1.44. The van der Waals surface area contributed by atoms with Gasteiger partial charge in [0.2, 0.25) is 0 Å². The first-order chi connectivity index (χ1) is 11.1. The lowest BCUT2D eigenvalue weighted by Crippen LogP contribution is -2.48. The van der Waals surface area contributed by atoms with Gasteiger partial charge in [0.25, 0.3) is 5.91 Å². The van der Waals surface area contributed by atoms with Crippen molar-refractivity contribution in [3.8, 4) is 5.75 Å². The molecule has 5 heteroatoms. The molecule has 1 saturated heterocycles. The second-order valence-electron chi connectivity index (χ2n) is 6.39. The number of benzene rings is 1. The van der Waals surface area contributed by atoms with Gasteiger partial charge in [-0.15, -0.1) is 0 Å². The summed E-state index contributed by atoms with van der Waals surface area (Å²) in [6.45, 7) is 9.02. The summed E-state index contributed by atoms with van der Waals surface area (Å²) in [5, 5.41) is 6.16. The third-order valence-electron chi connectivity index (χ3n) is 3.92. The molecule has 0 saturated carbocycles. The van der Waals surface area contributed by atoms with Crippen LogP contribution in [0, 0.1) is 5.92 Å². The maximum atomic E-state index is 12.2. The summed E-state index contributed by atoms with van der Waals surface area (Å²) in [6, 6.07) is 7.84. The second-order valence-corrected chi connectivity index (χ2v) is 6.39. The highest BCUT2D eigenvalue weighted by Crippen LogP contribution is 2.18. The van der Waals surface area contributed by atoms with Crippen molar-refractivity contribution in [3.05, 3.63) is 29.8 Å². The summed E-state index contributed by atoms with van der Waals surface area (Å²) >= 11 is 0. The maximum Gasteiger partial charge on any atom is 0.250 e. The molecule has 0 radical (unpaired) electrons. The molecule has 0 spiro atoms. The van der Waals surface area contributed by atoms with Crippen molar-refractivity contribution in [1.29, 1.82) is 0 Å². The van der Waals surface area contributed by atoms with Gasteiger partial charge in [-0.25, -0.2) is 0 Å². The fourth-order valence-electron chi connectivity index (χ4n) is 2.39. The zero-order chi connectivity index (χ0) is 16.7. The molecule has 2 rings (SSSR count). The molecule has 1 aliphatic heterocycles. The molecule has 2 unspecified atom stereocenters. The van der Waals surface area contributed by atoms with Gasteiger partial charge >= 0.3 is 0 Å². The van der Waals surface area contributed by atoms with Crippen molar-refractivity contribution in [2.24, 2.45) is 5.92 Å². The number of hydrogen-bond acceptors (Lipinski definition) is 4. The quantitative estimate of drug-likeness (QED) is 0.809. The monoisotopic (exact) mass is 320 g/mol. The number of hydrogen-bond donors (Lipinski definition) is 2.